The number of nitrogens with zero attached hydrogens (tertiary/aromatic N) is 1. The van der Waals surface area contributed by atoms with Gasteiger partial charge in [0, 0.05) is 6.54 Å². The van der Waals surface area contributed by atoms with Crippen LogP contribution in [0.25, 0.3) is 10.8 Å². The SMILES string of the molecule is CCCCCCNC(=O)COC(=O)Cn1[nH]c(=O)c2ccccc2c1=O. The van der Waals surface area contributed by atoms with Gasteiger partial charge in [0.25, 0.3) is 17.0 Å². The standard InChI is InChI=1S/C18H23N3O5/c1-2-3-4-7-10-19-15(22)12-26-16(23)11-21-18(25)14-9-6-5-8-13(14)17(24)20-21/h5-6,8-9H,2-4,7,10-12H2,1H3,(H,19,22)(H,20,24). The lowest BCUT2D eigenvalue weighted by atomic mass is 10.2. The van der Waals surface area contributed by atoms with E-state index in [2.05, 4.69) is 17.3 Å². The van der Waals surface area contributed by atoms with Gasteiger partial charge in [0.05, 0.1) is 10.8 Å². The van der Waals surface area contributed by atoms with E-state index in [0.29, 0.717) is 6.54 Å². The molecule has 1 amide bonds. The first kappa shape index (κ1) is 19.4. The van der Waals surface area contributed by atoms with E-state index in [1.807, 2.05) is 0 Å². The molecule has 0 spiro atoms. The van der Waals surface area contributed by atoms with E-state index in [-0.39, 0.29) is 10.8 Å². The predicted molar refractivity (Wildman–Crippen MR) is 96.9 cm³/mol. The number of aromatic amines is 1. The van der Waals surface area contributed by atoms with Crippen molar-refractivity contribution in [3.05, 3.63) is 45.0 Å². The molecule has 2 rings (SSSR count). The Bertz CT molecular complexity index is 884. The molecule has 8 nitrogen and oxygen atoms in total. The zero-order valence-corrected chi connectivity index (χ0v) is 14.7. The molecule has 0 aliphatic carbocycles. The third-order valence-electron chi connectivity index (χ3n) is 3.89. The second-order valence-corrected chi connectivity index (χ2v) is 5.95. The highest BCUT2D eigenvalue weighted by Gasteiger charge is 2.12. The maximum Gasteiger partial charge on any atom is 0.328 e. The molecule has 2 aromatic rings. The van der Waals surface area contributed by atoms with Crippen molar-refractivity contribution in [1.82, 2.24) is 15.1 Å². The minimum Gasteiger partial charge on any atom is -0.454 e. The molecule has 1 heterocycles. The average Bonchev–Trinajstić information content (AvgIpc) is 2.64. The smallest absolute Gasteiger partial charge is 0.328 e. The second kappa shape index (κ2) is 9.55. The first-order valence-corrected chi connectivity index (χ1v) is 8.67. The zero-order valence-electron chi connectivity index (χ0n) is 14.7. The summed E-state index contributed by atoms with van der Waals surface area (Å²) in [6, 6.07) is 6.33. The van der Waals surface area contributed by atoms with Crippen molar-refractivity contribution < 1.29 is 14.3 Å². The van der Waals surface area contributed by atoms with Crippen LogP contribution in [-0.2, 0) is 20.9 Å². The Labute approximate surface area is 150 Å². The van der Waals surface area contributed by atoms with Gasteiger partial charge in [-0.3, -0.25) is 24.3 Å². The van der Waals surface area contributed by atoms with E-state index in [0.717, 1.165) is 30.4 Å². The Morgan fingerprint density at radius 1 is 1.12 bits per heavy atom. The third-order valence-corrected chi connectivity index (χ3v) is 3.89. The summed E-state index contributed by atoms with van der Waals surface area (Å²) in [6.07, 6.45) is 4.14. The monoisotopic (exact) mass is 361 g/mol. The van der Waals surface area contributed by atoms with Crippen molar-refractivity contribution in [3.8, 4) is 0 Å². The van der Waals surface area contributed by atoms with Gasteiger partial charge in [0.1, 0.15) is 6.54 Å². The van der Waals surface area contributed by atoms with Gasteiger partial charge in [0.2, 0.25) is 0 Å². The van der Waals surface area contributed by atoms with Crippen LogP contribution >= 0.6 is 0 Å². The number of rotatable bonds is 9. The molecule has 8 heteroatoms. The predicted octanol–water partition coefficient (Wildman–Crippen LogP) is 0.929. The Balaban J connectivity index is 1.87. The van der Waals surface area contributed by atoms with Gasteiger partial charge in [-0.15, -0.1) is 0 Å². The molecule has 0 saturated heterocycles. The number of unbranched alkanes of at least 4 members (excludes halogenated alkanes) is 3. The highest BCUT2D eigenvalue weighted by atomic mass is 16.5. The summed E-state index contributed by atoms with van der Waals surface area (Å²) in [5.74, 6) is -1.17. The quantitative estimate of drug-likeness (QED) is 0.510. The minimum absolute atomic E-state index is 0.217. The maximum atomic E-state index is 12.3. The average molecular weight is 361 g/mol. The molecule has 26 heavy (non-hydrogen) atoms. The lowest BCUT2D eigenvalue weighted by Gasteiger charge is -2.08. The van der Waals surface area contributed by atoms with Crippen LogP contribution in [0.1, 0.15) is 32.6 Å². The van der Waals surface area contributed by atoms with Crippen LogP contribution in [0.4, 0.5) is 0 Å². The van der Waals surface area contributed by atoms with Crippen LogP contribution in [0.5, 0.6) is 0 Å². The third kappa shape index (κ3) is 5.30. The van der Waals surface area contributed by atoms with Crippen molar-refractivity contribution >= 4 is 22.6 Å². The molecule has 0 radical (unpaired) electrons. The second-order valence-electron chi connectivity index (χ2n) is 5.95. The lowest BCUT2D eigenvalue weighted by molar-refractivity contribution is -0.149. The molecule has 0 unspecified atom stereocenters. The highest BCUT2D eigenvalue weighted by Crippen LogP contribution is 2.02. The van der Waals surface area contributed by atoms with Crippen molar-refractivity contribution in [2.45, 2.75) is 39.2 Å². The molecule has 0 aliphatic heterocycles. The van der Waals surface area contributed by atoms with E-state index < -0.39 is 36.1 Å². The van der Waals surface area contributed by atoms with Crippen LogP contribution in [0.15, 0.2) is 33.9 Å². The van der Waals surface area contributed by atoms with Crippen LogP contribution in [-0.4, -0.2) is 34.8 Å². The summed E-state index contributed by atoms with van der Waals surface area (Å²) in [7, 11) is 0. The van der Waals surface area contributed by atoms with E-state index in [4.69, 9.17) is 4.74 Å². The van der Waals surface area contributed by atoms with Crippen LogP contribution < -0.4 is 16.4 Å². The number of amides is 1. The summed E-state index contributed by atoms with van der Waals surface area (Å²) in [4.78, 5) is 47.7. The number of fused-ring (bicyclic) bond motifs is 1. The Morgan fingerprint density at radius 2 is 1.85 bits per heavy atom. The molecule has 2 N–H and O–H groups in total. The van der Waals surface area contributed by atoms with Crippen molar-refractivity contribution in [2.24, 2.45) is 0 Å². The van der Waals surface area contributed by atoms with Gasteiger partial charge in [0.15, 0.2) is 6.61 Å². The molecule has 0 bridgehead atoms. The normalized spacial score (nSPS) is 10.7. The number of esters is 1. The molecular formula is C18H23N3O5. The van der Waals surface area contributed by atoms with Crippen molar-refractivity contribution in [2.75, 3.05) is 13.2 Å². The number of benzene rings is 1. The van der Waals surface area contributed by atoms with E-state index in [1.54, 1.807) is 12.1 Å². The highest BCUT2D eigenvalue weighted by molar-refractivity contribution is 5.81. The molecule has 0 fully saturated rings. The van der Waals surface area contributed by atoms with E-state index in [9.17, 15) is 19.2 Å². The first-order valence-electron chi connectivity index (χ1n) is 8.67. The number of carbonyl (C=O) groups is 2. The molecular weight excluding hydrogens is 338 g/mol. The summed E-state index contributed by atoms with van der Waals surface area (Å²) in [5.41, 5.74) is -0.977. The molecule has 0 atom stereocenters. The summed E-state index contributed by atoms with van der Waals surface area (Å²) in [6.45, 7) is 1.75. The summed E-state index contributed by atoms with van der Waals surface area (Å²) < 4.78 is 5.74. The zero-order chi connectivity index (χ0) is 18.9. The Kier molecular flexibility index (Phi) is 7.13. The number of H-pyrrole nitrogens is 1. The molecule has 0 saturated carbocycles. The van der Waals surface area contributed by atoms with Crippen LogP contribution in [0, 0.1) is 0 Å². The first-order chi connectivity index (χ1) is 12.5. The number of hydrogen-bond acceptors (Lipinski definition) is 5. The number of nitrogens with one attached hydrogen (secondary N) is 2. The van der Waals surface area contributed by atoms with Gasteiger partial charge in [-0.25, -0.2) is 4.68 Å². The fraction of sp³-hybridized carbons (Fsp3) is 0.444. The summed E-state index contributed by atoms with van der Waals surface area (Å²) in [5, 5.41) is 5.47. The Morgan fingerprint density at radius 3 is 2.58 bits per heavy atom. The minimum atomic E-state index is -0.779. The van der Waals surface area contributed by atoms with Gasteiger partial charge >= 0.3 is 5.97 Å². The number of ether oxygens (including phenoxy) is 1. The number of aromatic nitrogens is 2. The largest absolute Gasteiger partial charge is 0.454 e. The molecule has 1 aromatic carbocycles. The van der Waals surface area contributed by atoms with E-state index in [1.165, 1.54) is 12.1 Å². The Hall–Kier alpha value is -2.90. The lowest BCUT2D eigenvalue weighted by Crippen LogP contribution is -2.34. The van der Waals surface area contributed by atoms with Crippen molar-refractivity contribution in [3.63, 3.8) is 0 Å². The molecule has 1 aromatic heterocycles. The van der Waals surface area contributed by atoms with E-state index >= 15 is 0 Å². The van der Waals surface area contributed by atoms with Gasteiger partial charge in [-0.1, -0.05) is 38.3 Å². The van der Waals surface area contributed by atoms with Crippen LogP contribution in [0.2, 0.25) is 0 Å². The fourth-order valence-electron chi connectivity index (χ4n) is 2.51. The van der Waals surface area contributed by atoms with Gasteiger partial charge in [-0.2, -0.15) is 0 Å². The molecule has 140 valence electrons. The molecule has 0 aliphatic rings. The number of carbonyl (C=O) groups excluding carboxylic acids is 2. The van der Waals surface area contributed by atoms with Gasteiger partial charge < -0.3 is 10.1 Å². The topological polar surface area (TPSA) is 110 Å². The summed E-state index contributed by atoms with van der Waals surface area (Å²) >= 11 is 0. The number of hydrogen-bond donors (Lipinski definition) is 2. The fourth-order valence-corrected chi connectivity index (χ4v) is 2.51. The van der Waals surface area contributed by atoms with Crippen molar-refractivity contribution in [1.29, 1.82) is 0 Å². The van der Waals surface area contributed by atoms with Crippen LogP contribution in [0.3, 0.4) is 0 Å². The van der Waals surface area contributed by atoms with Gasteiger partial charge in [-0.05, 0) is 18.6 Å². The maximum absolute atomic E-state index is 12.3.